The number of anilines is 1. The molecule has 1 aromatic carbocycles. The van der Waals surface area contributed by atoms with Gasteiger partial charge in [0.1, 0.15) is 16.0 Å². The molecule has 124 valence electrons. The zero-order chi connectivity index (χ0) is 16.9. The number of amides is 1. The van der Waals surface area contributed by atoms with E-state index in [0.717, 1.165) is 10.6 Å². The summed E-state index contributed by atoms with van der Waals surface area (Å²) in [5.74, 6) is 0.305. The molecule has 1 amide bonds. The highest BCUT2D eigenvalue weighted by Gasteiger charge is 2.15. The summed E-state index contributed by atoms with van der Waals surface area (Å²) in [6, 6.07) is 7.20. The molecule has 0 aliphatic carbocycles. The molecule has 0 fully saturated rings. The fourth-order valence-corrected chi connectivity index (χ4v) is 2.90. The van der Waals surface area contributed by atoms with Crippen LogP contribution in [0.4, 0.5) is 5.69 Å². The van der Waals surface area contributed by atoms with Gasteiger partial charge in [-0.15, -0.1) is 21.5 Å². The van der Waals surface area contributed by atoms with Crippen molar-refractivity contribution in [3.63, 3.8) is 0 Å². The Morgan fingerprint density at radius 2 is 2.17 bits per heavy atom. The van der Waals surface area contributed by atoms with Crippen LogP contribution >= 0.6 is 11.3 Å². The Balaban J connectivity index is 1.66. The second kappa shape index (κ2) is 7.28. The predicted octanol–water partition coefficient (Wildman–Crippen LogP) is 2.67. The number of carbonyl (C=O) groups excluding carboxylic acids is 1. The van der Waals surface area contributed by atoms with E-state index >= 15 is 0 Å². The van der Waals surface area contributed by atoms with E-state index < -0.39 is 0 Å². The van der Waals surface area contributed by atoms with Crippen molar-refractivity contribution < 1.29 is 9.53 Å². The Bertz CT molecular complexity index is 800. The van der Waals surface area contributed by atoms with Gasteiger partial charge in [-0.3, -0.25) is 4.79 Å². The molecule has 0 aliphatic rings. The van der Waals surface area contributed by atoms with E-state index in [2.05, 4.69) is 30.9 Å². The minimum atomic E-state index is -0.199. The summed E-state index contributed by atoms with van der Waals surface area (Å²) in [6.45, 7) is 4.45. The lowest BCUT2D eigenvalue weighted by Crippen LogP contribution is -2.09. The second-order valence-corrected chi connectivity index (χ2v) is 5.99. The van der Waals surface area contributed by atoms with Gasteiger partial charge in [0.25, 0.3) is 5.91 Å². The lowest BCUT2D eigenvalue weighted by molar-refractivity contribution is 0.0762. The lowest BCUT2D eigenvalue weighted by atomic mass is 10.2. The number of benzene rings is 1. The molecule has 2 N–H and O–H groups in total. The van der Waals surface area contributed by atoms with Gasteiger partial charge in [-0.1, -0.05) is 0 Å². The van der Waals surface area contributed by atoms with Crippen molar-refractivity contribution in [3.05, 3.63) is 40.3 Å². The van der Waals surface area contributed by atoms with Gasteiger partial charge in [0.15, 0.2) is 0 Å². The molecule has 9 heteroatoms. The first kappa shape index (κ1) is 16.2. The molecule has 0 spiro atoms. The Morgan fingerprint density at radius 1 is 1.38 bits per heavy atom. The third-order valence-corrected chi connectivity index (χ3v) is 4.42. The molecule has 1 unspecified atom stereocenters. The van der Waals surface area contributed by atoms with Crippen LogP contribution in [0.3, 0.4) is 0 Å². The molecule has 3 rings (SSSR count). The first-order valence-corrected chi connectivity index (χ1v) is 8.21. The molecule has 0 aliphatic heterocycles. The van der Waals surface area contributed by atoms with Crippen molar-refractivity contribution in [2.75, 3.05) is 11.9 Å². The van der Waals surface area contributed by atoms with Gasteiger partial charge in [-0.25, -0.2) is 4.98 Å². The number of hydrogen-bond acceptors (Lipinski definition) is 7. The van der Waals surface area contributed by atoms with E-state index in [4.69, 9.17) is 4.74 Å². The maximum atomic E-state index is 12.3. The first-order valence-electron chi connectivity index (χ1n) is 7.40. The van der Waals surface area contributed by atoms with Crippen LogP contribution < -0.4 is 5.32 Å². The SMILES string of the molecule is CCOC(C)c1ncc(C(=O)Nc2ccc(-c3nn[nH]n3)cc2)s1. The van der Waals surface area contributed by atoms with Crippen LogP contribution in [0.25, 0.3) is 11.4 Å². The van der Waals surface area contributed by atoms with Gasteiger partial charge in [0.05, 0.1) is 6.20 Å². The molecular weight excluding hydrogens is 328 g/mol. The summed E-state index contributed by atoms with van der Waals surface area (Å²) in [7, 11) is 0. The van der Waals surface area contributed by atoms with E-state index in [-0.39, 0.29) is 12.0 Å². The molecule has 2 aromatic heterocycles. The van der Waals surface area contributed by atoms with Gasteiger partial charge in [-0.05, 0) is 43.3 Å². The van der Waals surface area contributed by atoms with Crippen LogP contribution in [0, 0.1) is 0 Å². The normalized spacial score (nSPS) is 12.1. The number of aromatic nitrogens is 5. The summed E-state index contributed by atoms with van der Waals surface area (Å²) in [4.78, 5) is 17.1. The highest BCUT2D eigenvalue weighted by atomic mass is 32.1. The predicted molar refractivity (Wildman–Crippen MR) is 89.7 cm³/mol. The molecular formula is C15H16N6O2S. The minimum Gasteiger partial charge on any atom is -0.372 e. The summed E-state index contributed by atoms with van der Waals surface area (Å²) in [5, 5.41) is 17.4. The molecule has 8 nitrogen and oxygen atoms in total. The molecule has 0 bridgehead atoms. The smallest absolute Gasteiger partial charge is 0.267 e. The number of thiazole rings is 1. The number of carbonyl (C=O) groups is 1. The number of rotatable bonds is 6. The number of H-pyrrole nitrogens is 1. The highest BCUT2D eigenvalue weighted by molar-refractivity contribution is 7.13. The first-order chi connectivity index (χ1) is 11.7. The van der Waals surface area contributed by atoms with Gasteiger partial charge in [0, 0.05) is 17.9 Å². The Morgan fingerprint density at radius 3 is 2.83 bits per heavy atom. The zero-order valence-electron chi connectivity index (χ0n) is 13.2. The zero-order valence-corrected chi connectivity index (χ0v) is 14.0. The lowest BCUT2D eigenvalue weighted by Gasteiger charge is -2.07. The Labute approximate surface area is 142 Å². The Hall–Kier alpha value is -2.65. The summed E-state index contributed by atoms with van der Waals surface area (Å²) < 4.78 is 5.48. The molecule has 3 aromatic rings. The van der Waals surface area contributed by atoms with Crippen LogP contribution in [0.2, 0.25) is 0 Å². The van der Waals surface area contributed by atoms with Crippen molar-refractivity contribution in [2.45, 2.75) is 20.0 Å². The molecule has 0 saturated heterocycles. The summed E-state index contributed by atoms with van der Waals surface area (Å²) >= 11 is 1.33. The van der Waals surface area contributed by atoms with Crippen LogP contribution in [0.1, 0.15) is 34.6 Å². The van der Waals surface area contributed by atoms with Crippen molar-refractivity contribution in [2.24, 2.45) is 0 Å². The molecule has 0 radical (unpaired) electrons. The summed E-state index contributed by atoms with van der Waals surface area (Å²) in [6.07, 6.45) is 1.45. The van der Waals surface area contributed by atoms with Crippen LogP contribution in [-0.2, 0) is 4.74 Å². The molecule has 0 saturated carbocycles. The fraction of sp³-hybridized carbons (Fsp3) is 0.267. The van der Waals surface area contributed by atoms with Crippen molar-refractivity contribution in [3.8, 4) is 11.4 Å². The monoisotopic (exact) mass is 344 g/mol. The number of hydrogen-bond donors (Lipinski definition) is 2. The number of tetrazole rings is 1. The number of nitrogens with zero attached hydrogens (tertiary/aromatic N) is 4. The van der Waals surface area contributed by atoms with E-state index in [0.29, 0.717) is 23.0 Å². The van der Waals surface area contributed by atoms with Gasteiger partial charge in [-0.2, -0.15) is 5.21 Å². The quantitative estimate of drug-likeness (QED) is 0.712. The topological polar surface area (TPSA) is 106 Å². The largest absolute Gasteiger partial charge is 0.372 e. The van der Waals surface area contributed by atoms with Crippen LogP contribution in [0.15, 0.2) is 30.5 Å². The van der Waals surface area contributed by atoms with Crippen molar-refractivity contribution in [1.82, 2.24) is 25.6 Å². The van der Waals surface area contributed by atoms with Gasteiger partial charge >= 0.3 is 0 Å². The van der Waals surface area contributed by atoms with Crippen molar-refractivity contribution in [1.29, 1.82) is 0 Å². The number of nitrogens with one attached hydrogen (secondary N) is 2. The van der Waals surface area contributed by atoms with E-state index in [1.54, 1.807) is 18.3 Å². The fourth-order valence-electron chi connectivity index (χ4n) is 2.08. The van der Waals surface area contributed by atoms with Crippen LogP contribution in [-0.4, -0.2) is 38.1 Å². The van der Waals surface area contributed by atoms with E-state index in [9.17, 15) is 4.79 Å². The van der Waals surface area contributed by atoms with Crippen LogP contribution in [0.5, 0.6) is 0 Å². The summed E-state index contributed by atoms with van der Waals surface area (Å²) in [5.41, 5.74) is 1.49. The van der Waals surface area contributed by atoms with E-state index in [1.807, 2.05) is 26.0 Å². The molecule has 2 heterocycles. The Kier molecular flexibility index (Phi) is 4.92. The number of ether oxygens (including phenoxy) is 1. The standard InChI is InChI=1S/C15H16N6O2S/c1-3-23-9(2)15-16-8-12(24-15)14(22)17-11-6-4-10(5-7-11)13-18-20-21-19-13/h4-9H,3H2,1-2H3,(H,17,22)(H,18,19,20,21). The average Bonchev–Trinajstić information content (AvgIpc) is 3.28. The van der Waals surface area contributed by atoms with Gasteiger partial charge < -0.3 is 10.1 Å². The maximum Gasteiger partial charge on any atom is 0.267 e. The third-order valence-electron chi connectivity index (χ3n) is 3.26. The molecule has 1 atom stereocenters. The van der Waals surface area contributed by atoms with Crippen molar-refractivity contribution >= 4 is 22.9 Å². The minimum absolute atomic E-state index is 0.115. The third kappa shape index (κ3) is 3.63. The molecule has 24 heavy (non-hydrogen) atoms. The second-order valence-electron chi connectivity index (χ2n) is 4.93. The maximum absolute atomic E-state index is 12.3. The van der Waals surface area contributed by atoms with E-state index in [1.165, 1.54) is 11.3 Å². The highest BCUT2D eigenvalue weighted by Crippen LogP contribution is 2.24. The van der Waals surface area contributed by atoms with Gasteiger partial charge in [0.2, 0.25) is 5.82 Å². The average molecular weight is 344 g/mol. The number of aromatic amines is 1.